The molecule has 0 bridgehead atoms. The highest BCUT2D eigenvalue weighted by atomic mass is 16.2. The zero-order chi connectivity index (χ0) is 20.8. The van der Waals surface area contributed by atoms with Crippen LogP contribution in [-0.2, 0) is 16.1 Å². The highest BCUT2D eigenvalue weighted by Gasteiger charge is 2.29. The van der Waals surface area contributed by atoms with E-state index in [4.69, 9.17) is 0 Å². The third-order valence-electron chi connectivity index (χ3n) is 5.03. The van der Waals surface area contributed by atoms with E-state index < -0.39 is 0 Å². The first-order chi connectivity index (χ1) is 14.7. The van der Waals surface area contributed by atoms with Crippen LogP contribution in [0.1, 0.15) is 24.0 Å². The molecule has 1 saturated carbocycles. The van der Waals surface area contributed by atoms with Crippen LogP contribution >= 0.6 is 0 Å². The number of nitrogens with one attached hydrogen (secondary N) is 2. The van der Waals surface area contributed by atoms with Crippen molar-refractivity contribution in [3.8, 4) is 11.1 Å². The predicted octanol–water partition coefficient (Wildman–Crippen LogP) is 5.03. The molecular formula is C26H24N2O2. The van der Waals surface area contributed by atoms with Gasteiger partial charge in [-0.2, -0.15) is 0 Å². The first kappa shape index (κ1) is 19.6. The minimum atomic E-state index is -0.160. The number of carbonyl (C=O) groups excluding carboxylic acids is 2. The maximum absolute atomic E-state index is 12.2. The molecule has 0 atom stereocenters. The molecule has 2 N–H and O–H groups in total. The summed E-state index contributed by atoms with van der Waals surface area (Å²) >= 11 is 0. The molecule has 4 rings (SSSR count). The number of hydrogen-bond acceptors (Lipinski definition) is 2. The van der Waals surface area contributed by atoms with Crippen LogP contribution in [0, 0.1) is 5.92 Å². The van der Waals surface area contributed by atoms with Crippen molar-refractivity contribution in [1.29, 1.82) is 0 Å². The van der Waals surface area contributed by atoms with Crippen molar-refractivity contribution in [2.75, 3.05) is 5.32 Å². The molecule has 0 aliphatic heterocycles. The molecule has 150 valence electrons. The van der Waals surface area contributed by atoms with E-state index in [9.17, 15) is 9.59 Å². The molecule has 1 aliphatic carbocycles. The summed E-state index contributed by atoms with van der Waals surface area (Å²) in [5.41, 5.74) is 4.94. The molecule has 1 fully saturated rings. The van der Waals surface area contributed by atoms with Crippen molar-refractivity contribution in [2.24, 2.45) is 5.92 Å². The fourth-order valence-corrected chi connectivity index (χ4v) is 3.22. The van der Waals surface area contributed by atoms with Gasteiger partial charge in [0.05, 0.1) is 0 Å². The van der Waals surface area contributed by atoms with Gasteiger partial charge in [0.1, 0.15) is 0 Å². The van der Waals surface area contributed by atoms with E-state index in [1.54, 1.807) is 6.08 Å². The molecule has 0 unspecified atom stereocenters. The maximum atomic E-state index is 12.2. The number of anilines is 1. The fourth-order valence-electron chi connectivity index (χ4n) is 3.22. The van der Waals surface area contributed by atoms with Crippen LogP contribution in [0.15, 0.2) is 84.9 Å². The first-order valence-electron chi connectivity index (χ1n) is 10.2. The van der Waals surface area contributed by atoms with Crippen LogP contribution in [0.3, 0.4) is 0 Å². The lowest BCUT2D eigenvalue weighted by Crippen LogP contribution is -2.20. The molecule has 4 heteroatoms. The second kappa shape index (κ2) is 9.23. The van der Waals surface area contributed by atoms with Crippen LogP contribution in [0.2, 0.25) is 0 Å². The van der Waals surface area contributed by atoms with Gasteiger partial charge in [-0.05, 0) is 59.4 Å². The monoisotopic (exact) mass is 396 g/mol. The van der Waals surface area contributed by atoms with Gasteiger partial charge in [0.15, 0.2) is 0 Å². The number of benzene rings is 3. The zero-order valence-corrected chi connectivity index (χ0v) is 16.7. The minimum Gasteiger partial charge on any atom is -0.348 e. The Morgan fingerprint density at radius 1 is 0.867 bits per heavy atom. The molecule has 3 aromatic rings. The van der Waals surface area contributed by atoms with Gasteiger partial charge in [0.25, 0.3) is 0 Å². The van der Waals surface area contributed by atoms with E-state index in [2.05, 4.69) is 34.9 Å². The van der Waals surface area contributed by atoms with Crippen molar-refractivity contribution in [1.82, 2.24) is 5.32 Å². The van der Waals surface area contributed by atoms with E-state index >= 15 is 0 Å². The van der Waals surface area contributed by atoms with Crippen LogP contribution < -0.4 is 10.6 Å². The van der Waals surface area contributed by atoms with Crippen molar-refractivity contribution in [3.63, 3.8) is 0 Å². The second-order valence-corrected chi connectivity index (χ2v) is 7.51. The average molecular weight is 396 g/mol. The summed E-state index contributed by atoms with van der Waals surface area (Å²) in [6.45, 7) is 0.403. The summed E-state index contributed by atoms with van der Waals surface area (Å²) < 4.78 is 0. The Kier molecular flexibility index (Phi) is 6.04. The Labute approximate surface area is 176 Å². The smallest absolute Gasteiger partial charge is 0.244 e. The van der Waals surface area contributed by atoms with Gasteiger partial charge in [0, 0.05) is 24.2 Å². The van der Waals surface area contributed by atoms with Crippen molar-refractivity contribution < 1.29 is 9.59 Å². The standard InChI is InChI=1S/C26H24N2O2/c29-25(15-12-19-6-4-10-23(16-19)21-8-2-1-3-9-21)27-18-20-7-5-11-24(17-20)28-26(30)22-13-14-22/h1-12,15-17,22H,13-14,18H2,(H,27,29)(H,28,30)/b15-12+. The van der Waals surface area contributed by atoms with Crippen LogP contribution in [0.4, 0.5) is 5.69 Å². The molecule has 4 nitrogen and oxygen atoms in total. The lowest BCUT2D eigenvalue weighted by atomic mass is 10.0. The van der Waals surface area contributed by atoms with E-state index in [-0.39, 0.29) is 17.7 Å². The Balaban J connectivity index is 1.33. The summed E-state index contributed by atoms with van der Waals surface area (Å²) in [5, 5.41) is 5.82. The van der Waals surface area contributed by atoms with Crippen LogP contribution in [-0.4, -0.2) is 11.8 Å². The Morgan fingerprint density at radius 2 is 1.63 bits per heavy atom. The number of hydrogen-bond donors (Lipinski definition) is 2. The molecule has 0 spiro atoms. The highest BCUT2D eigenvalue weighted by molar-refractivity contribution is 5.94. The van der Waals surface area contributed by atoms with Crippen molar-refractivity contribution in [2.45, 2.75) is 19.4 Å². The number of carbonyl (C=O) groups is 2. The normalized spacial score (nSPS) is 13.2. The van der Waals surface area contributed by atoms with E-state index in [0.717, 1.165) is 40.8 Å². The lowest BCUT2D eigenvalue weighted by molar-refractivity contribution is -0.117. The number of amides is 2. The largest absolute Gasteiger partial charge is 0.348 e. The molecule has 0 heterocycles. The van der Waals surface area contributed by atoms with E-state index in [1.165, 1.54) is 0 Å². The Morgan fingerprint density at radius 3 is 2.43 bits per heavy atom. The summed E-state index contributed by atoms with van der Waals surface area (Å²) in [6.07, 6.45) is 5.31. The quantitative estimate of drug-likeness (QED) is 0.550. The molecule has 30 heavy (non-hydrogen) atoms. The third kappa shape index (κ3) is 5.45. The Hall–Kier alpha value is -3.66. The first-order valence-corrected chi connectivity index (χ1v) is 10.2. The number of rotatable bonds is 7. The Bertz CT molecular complexity index is 1070. The minimum absolute atomic E-state index is 0.0804. The van der Waals surface area contributed by atoms with E-state index in [0.29, 0.717) is 6.54 Å². The zero-order valence-electron chi connectivity index (χ0n) is 16.7. The van der Waals surface area contributed by atoms with Gasteiger partial charge in [-0.3, -0.25) is 9.59 Å². The second-order valence-electron chi connectivity index (χ2n) is 7.51. The van der Waals surface area contributed by atoms with Gasteiger partial charge >= 0.3 is 0 Å². The van der Waals surface area contributed by atoms with Gasteiger partial charge < -0.3 is 10.6 Å². The third-order valence-corrected chi connectivity index (χ3v) is 5.03. The molecule has 0 aromatic heterocycles. The van der Waals surface area contributed by atoms with Crippen molar-refractivity contribution >= 4 is 23.6 Å². The van der Waals surface area contributed by atoms with Crippen LogP contribution in [0.5, 0.6) is 0 Å². The SMILES string of the molecule is O=C(/C=C/c1cccc(-c2ccccc2)c1)NCc1cccc(NC(=O)C2CC2)c1. The highest BCUT2D eigenvalue weighted by Crippen LogP contribution is 2.30. The molecule has 2 amide bonds. The summed E-state index contributed by atoms with van der Waals surface area (Å²) in [7, 11) is 0. The topological polar surface area (TPSA) is 58.2 Å². The van der Waals surface area contributed by atoms with Gasteiger partial charge in [-0.25, -0.2) is 0 Å². The lowest BCUT2D eigenvalue weighted by Gasteiger charge is -2.07. The molecule has 0 radical (unpaired) electrons. The fraction of sp³-hybridized carbons (Fsp3) is 0.154. The molecule has 3 aromatic carbocycles. The van der Waals surface area contributed by atoms with Crippen LogP contribution in [0.25, 0.3) is 17.2 Å². The average Bonchev–Trinajstić information content (AvgIpc) is 3.63. The summed E-state index contributed by atoms with van der Waals surface area (Å²) in [6, 6.07) is 25.8. The summed E-state index contributed by atoms with van der Waals surface area (Å²) in [5.74, 6) is 0.0864. The van der Waals surface area contributed by atoms with Crippen molar-refractivity contribution in [3.05, 3.63) is 96.1 Å². The molecule has 1 aliphatic rings. The predicted molar refractivity (Wildman–Crippen MR) is 121 cm³/mol. The van der Waals surface area contributed by atoms with Gasteiger partial charge in [-0.15, -0.1) is 0 Å². The van der Waals surface area contributed by atoms with E-state index in [1.807, 2.05) is 60.7 Å². The molecular weight excluding hydrogens is 372 g/mol. The van der Waals surface area contributed by atoms with Gasteiger partial charge in [-0.1, -0.05) is 60.7 Å². The van der Waals surface area contributed by atoms with Gasteiger partial charge in [0.2, 0.25) is 11.8 Å². The maximum Gasteiger partial charge on any atom is 0.244 e. The summed E-state index contributed by atoms with van der Waals surface area (Å²) in [4.78, 5) is 24.1. The molecule has 0 saturated heterocycles.